The van der Waals surface area contributed by atoms with E-state index in [2.05, 4.69) is 0 Å². The minimum atomic E-state index is -0.513. The van der Waals surface area contributed by atoms with Gasteiger partial charge in [-0.05, 0) is 32.3 Å². The number of benzene rings is 1. The predicted octanol–water partition coefficient (Wildman–Crippen LogP) is 3.68. The van der Waals surface area contributed by atoms with Crippen molar-refractivity contribution >= 4 is 11.7 Å². The minimum Gasteiger partial charge on any atom is -0.460 e. The van der Waals surface area contributed by atoms with Crippen LogP contribution < -0.4 is 0 Å². The first-order valence-electron chi connectivity index (χ1n) is 6.59. The predicted molar refractivity (Wildman–Crippen MR) is 76.5 cm³/mol. The molecule has 0 aromatic heterocycles. The highest BCUT2D eigenvalue weighted by atomic mass is 16.6. The van der Waals surface area contributed by atoms with Crippen LogP contribution in [-0.2, 0) is 9.53 Å². The lowest BCUT2D eigenvalue weighted by molar-refractivity contribution is -0.384. The van der Waals surface area contributed by atoms with Crippen molar-refractivity contribution in [2.24, 2.45) is 5.92 Å². The van der Waals surface area contributed by atoms with Gasteiger partial charge in [0.05, 0.1) is 10.8 Å². The first-order valence-corrected chi connectivity index (χ1v) is 6.59. The number of carbonyl (C=O) groups excluding carboxylic acids is 1. The van der Waals surface area contributed by atoms with Crippen molar-refractivity contribution in [3.8, 4) is 0 Å². The first-order chi connectivity index (χ1) is 9.11. The molecule has 0 saturated heterocycles. The van der Waals surface area contributed by atoms with Gasteiger partial charge in [-0.15, -0.1) is 0 Å². The molecule has 0 fully saturated rings. The molecule has 1 rings (SSSR count). The number of nitrogens with zero attached hydrogens (tertiary/aromatic N) is 1. The molecule has 0 heterocycles. The Balaban J connectivity index is 2.80. The highest BCUT2D eigenvalue weighted by Crippen LogP contribution is 2.27. The van der Waals surface area contributed by atoms with Crippen molar-refractivity contribution in [2.75, 3.05) is 0 Å². The van der Waals surface area contributed by atoms with Gasteiger partial charge in [0.25, 0.3) is 5.69 Å². The van der Waals surface area contributed by atoms with Crippen LogP contribution in [0, 0.1) is 16.0 Å². The molecule has 0 amide bonds. The highest BCUT2D eigenvalue weighted by Gasteiger charge is 2.27. The number of nitro groups is 1. The van der Waals surface area contributed by atoms with E-state index in [4.69, 9.17) is 4.74 Å². The Hall–Kier alpha value is -1.91. The van der Waals surface area contributed by atoms with Gasteiger partial charge in [0.15, 0.2) is 0 Å². The number of ether oxygens (including phenoxy) is 1. The summed E-state index contributed by atoms with van der Waals surface area (Å²) < 4.78 is 5.36. The van der Waals surface area contributed by atoms with E-state index < -0.39 is 10.5 Å². The average molecular weight is 279 g/mol. The molecule has 110 valence electrons. The summed E-state index contributed by atoms with van der Waals surface area (Å²) in [6.07, 6.45) is 0. The van der Waals surface area contributed by atoms with Gasteiger partial charge in [-0.3, -0.25) is 14.9 Å². The van der Waals surface area contributed by atoms with E-state index in [1.807, 2.05) is 27.7 Å². The second-order valence-electron chi connectivity index (χ2n) is 5.96. The molecule has 0 bridgehead atoms. The molecular weight excluding hydrogens is 258 g/mol. The summed E-state index contributed by atoms with van der Waals surface area (Å²) in [5.41, 5.74) is 0.417. The van der Waals surface area contributed by atoms with E-state index in [0.29, 0.717) is 0 Å². The van der Waals surface area contributed by atoms with Crippen molar-refractivity contribution in [2.45, 2.75) is 46.1 Å². The average Bonchev–Trinajstić information content (AvgIpc) is 2.35. The monoisotopic (exact) mass is 279 g/mol. The molecule has 5 heteroatoms. The number of carbonyl (C=O) groups is 1. The van der Waals surface area contributed by atoms with E-state index >= 15 is 0 Å². The van der Waals surface area contributed by atoms with Crippen molar-refractivity contribution in [3.63, 3.8) is 0 Å². The quantitative estimate of drug-likeness (QED) is 0.479. The molecule has 0 aliphatic rings. The number of hydrogen-bond donors (Lipinski definition) is 0. The van der Waals surface area contributed by atoms with E-state index in [1.54, 1.807) is 19.1 Å². The van der Waals surface area contributed by atoms with Gasteiger partial charge in [0, 0.05) is 12.1 Å². The van der Waals surface area contributed by atoms with Crippen LogP contribution in [0.4, 0.5) is 5.69 Å². The lowest BCUT2D eigenvalue weighted by Gasteiger charge is -2.25. The normalized spacial score (nSPS) is 14.4. The van der Waals surface area contributed by atoms with Crippen LogP contribution in [-0.4, -0.2) is 16.5 Å². The molecule has 0 spiro atoms. The minimum absolute atomic E-state index is 0.0471. The fourth-order valence-corrected chi connectivity index (χ4v) is 1.79. The molecule has 5 nitrogen and oxygen atoms in total. The molecule has 1 aromatic carbocycles. The Morgan fingerprint density at radius 3 is 2.10 bits per heavy atom. The molecule has 20 heavy (non-hydrogen) atoms. The molecule has 0 radical (unpaired) electrons. The summed E-state index contributed by atoms with van der Waals surface area (Å²) in [4.78, 5) is 22.2. The Morgan fingerprint density at radius 2 is 1.70 bits per heavy atom. The second kappa shape index (κ2) is 6.03. The number of nitro benzene ring substituents is 1. The molecule has 2 unspecified atom stereocenters. The maximum atomic E-state index is 12.0. The Kier molecular flexibility index (Phi) is 4.87. The summed E-state index contributed by atoms with van der Waals surface area (Å²) in [5, 5.41) is 10.6. The molecular formula is C15H21NO4. The summed E-state index contributed by atoms with van der Waals surface area (Å²) in [7, 11) is 0. The standard InChI is InChI=1S/C15H21NO4/c1-10(11(2)14(17)20-15(3,4)5)12-6-8-13(9-7-12)16(18)19/h6-11H,1-5H3. The van der Waals surface area contributed by atoms with E-state index in [0.717, 1.165) is 5.56 Å². The topological polar surface area (TPSA) is 69.4 Å². The molecule has 1 aromatic rings. The van der Waals surface area contributed by atoms with Gasteiger partial charge in [-0.25, -0.2) is 0 Å². The summed E-state index contributed by atoms with van der Waals surface area (Å²) in [5.74, 6) is -0.635. The lowest BCUT2D eigenvalue weighted by atomic mass is 9.89. The molecule has 2 atom stereocenters. The Morgan fingerprint density at radius 1 is 1.20 bits per heavy atom. The largest absolute Gasteiger partial charge is 0.460 e. The van der Waals surface area contributed by atoms with Crippen molar-refractivity contribution in [3.05, 3.63) is 39.9 Å². The van der Waals surface area contributed by atoms with Gasteiger partial charge in [0.1, 0.15) is 5.60 Å². The fraction of sp³-hybridized carbons (Fsp3) is 0.533. The Labute approximate surface area is 119 Å². The lowest BCUT2D eigenvalue weighted by Crippen LogP contribution is -2.29. The van der Waals surface area contributed by atoms with Crippen molar-refractivity contribution < 1.29 is 14.5 Å². The summed E-state index contributed by atoms with van der Waals surface area (Å²) >= 11 is 0. The third kappa shape index (κ3) is 4.33. The van der Waals surface area contributed by atoms with E-state index in [9.17, 15) is 14.9 Å². The Bertz CT molecular complexity index is 488. The van der Waals surface area contributed by atoms with Crippen LogP contribution in [0.15, 0.2) is 24.3 Å². The van der Waals surface area contributed by atoms with E-state index in [1.165, 1.54) is 12.1 Å². The number of rotatable bonds is 4. The van der Waals surface area contributed by atoms with E-state index in [-0.39, 0.29) is 23.5 Å². The van der Waals surface area contributed by atoms with Gasteiger partial charge in [-0.1, -0.05) is 26.0 Å². The first kappa shape index (κ1) is 16.1. The molecule has 0 aliphatic heterocycles. The number of non-ortho nitro benzene ring substituents is 1. The molecule has 0 aliphatic carbocycles. The van der Waals surface area contributed by atoms with Crippen molar-refractivity contribution in [1.82, 2.24) is 0 Å². The zero-order valence-corrected chi connectivity index (χ0v) is 12.5. The zero-order valence-electron chi connectivity index (χ0n) is 12.5. The maximum absolute atomic E-state index is 12.0. The zero-order chi connectivity index (χ0) is 15.5. The SMILES string of the molecule is CC(C(=O)OC(C)(C)C)C(C)c1ccc([N+](=O)[O-])cc1. The van der Waals surface area contributed by atoms with Crippen LogP contribution >= 0.6 is 0 Å². The van der Waals surface area contributed by atoms with Crippen LogP contribution in [0.5, 0.6) is 0 Å². The van der Waals surface area contributed by atoms with Gasteiger partial charge in [-0.2, -0.15) is 0 Å². The summed E-state index contributed by atoms with van der Waals surface area (Å²) in [6.45, 7) is 9.20. The third-order valence-corrected chi connectivity index (χ3v) is 3.16. The smallest absolute Gasteiger partial charge is 0.309 e. The van der Waals surface area contributed by atoms with Gasteiger partial charge >= 0.3 is 5.97 Å². The van der Waals surface area contributed by atoms with Gasteiger partial charge in [0.2, 0.25) is 0 Å². The highest BCUT2D eigenvalue weighted by molar-refractivity contribution is 5.73. The fourth-order valence-electron chi connectivity index (χ4n) is 1.79. The van der Waals surface area contributed by atoms with Crippen LogP contribution in [0.2, 0.25) is 0 Å². The third-order valence-electron chi connectivity index (χ3n) is 3.16. The molecule has 0 saturated carbocycles. The number of hydrogen-bond acceptors (Lipinski definition) is 4. The van der Waals surface area contributed by atoms with Crippen LogP contribution in [0.1, 0.15) is 46.1 Å². The van der Waals surface area contributed by atoms with Gasteiger partial charge < -0.3 is 4.74 Å². The summed E-state index contributed by atoms with van der Waals surface area (Å²) in [6, 6.07) is 6.27. The van der Waals surface area contributed by atoms with Crippen molar-refractivity contribution in [1.29, 1.82) is 0 Å². The maximum Gasteiger partial charge on any atom is 0.309 e. The van der Waals surface area contributed by atoms with Crippen LogP contribution in [0.3, 0.4) is 0 Å². The molecule has 0 N–H and O–H groups in total. The second-order valence-corrected chi connectivity index (χ2v) is 5.96. The number of esters is 1. The van der Waals surface area contributed by atoms with Crippen LogP contribution in [0.25, 0.3) is 0 Å².